The van der Waals surface area contributed by atoms with Crippen LogP contribution in [0.2, 0.25) is 0 Å². The lowest BCUT2D eigenvalue weighted by atomic mass is 10.2. The first kappa shape index (κ1) is 11.0. The van der Waals surface area contributed by atoms with Crippen LogP contribution in [0.3, 0.4) is 0 Å². The van der Waals surface area contributed by atoms with Crippen LogP contribution in [0.5, 0.6) is 0 Å². The topological polar surface area (TPSA) is 20.3 Å². The number of amides is 1. The number of anilines is 1. The highest BCUT2D eigenvalue weighted by molar-refractivity contribution is 9.10. The molecule has 1 aromatic rings. The number of nitrogens with zero attached hydrogens (tertiary/aromatic N) is 1. The standard InChI is InChI=1S/C11H12BrNOS/c1-7-6-15-10-4-3-8(12)5-9(10)13(2)11(7)14/h3-5,7H,6H2,1-2H3/t7-/m0/s1. The number of rotatable bonds is 0. The largest absolute Gasteiger partial charge is 0.314 e. The summed E-state index contributed by atoms with van der Waals surface area (Å²) < 4.78 is 1.01. The Kier molecular flexibility index (Phi) is 3.07. The Hall–Kier alpha value is -0.480. The van der Waals surface area contributed by atoms with Gasteiger partial charge in [-0.2, -0.15) is 0 Å². The Morgan fingerprint density at radius 2 is 2.27 bits per heavy atom. The Morgan fingerprint density at radius 1 is 1.53 bits per heavy atom. The summed E-state index contributed by atoms with van der Waals surface area (Å²) in [4.78, 5) is 14.9. The quantitative estimate of drug-likeness (QED) is 0.730. The second kappa shape index (κ2) is 4.18. The molecule has 0 radical (unpaired) electrons. The van der Waals surface area contributed by atoms with E-state index < -0.39 is 0 Å². The van der Waals surface area contributed by atoms with Crippen molar-refractivity contribution in [2.24, 2.45) is 5.92 Å². The third-order valence-corrected chi connectivity index (χ3v) is 4.34. The smallest absolute Gasteiger partial charge is 0.230 e. The fourth-order valence-corrected chi connectivity index (χ4v) is 3.04. The Morgan fingerprint density at radius 3 is 3.00 bits per heavy atom. The third kappa shape index (κ3) is 2.06. The van der Waals surface area contributed by atoms with Gasteiger partial charge in [-0.1, -0.05) is 22.9 Å². The van der Waals surface area contributed by atoms with Crippen molar-refractivity contribution >= 4 is 39.3 Å². The SMILES string of the molecule is C[C@H]1CSc2ccc(Br)cc2N(C)C1=O. The number of fused-ring (bicyclic) bond motifs is 1. The summed E-state index contributed by atoms with van der Waals surface area (Å²) >= 11 is 5.18. The molecule has 0 aliphatic carbocycles. The minimum Gasteiger partial charge on any atom is -0.314 e. The molecule has 0 fully saturated rings. The van der Waals surface area contributed by atoms with Gasteiger partial charge in [0.2, 0.25) is 5.91 Å². The summed E-state index contributed by atoms with van der Waals surface area (Å²) in [6, 6.07) is 6.07. The molecule has 1 aliphatic rings. The van der Waals surface area contributed by atoms with Gasteiger partial charge in [-0.05, 0) is 18.2 Å². The van der Waals surface area contributed by atoms with Gasteiger partial charge < -0.3 is 4.90 Å². The lowest BCUT2D eigenvalue weighted by molar-refractivity contribution is -0.120. The van der Waals surface area contributed by atoms with Crippen molar-refractivity contribution in [3.8, 4) is 0 Å². The molecule has 0 unspecified atom stereocenters. The van der Waals surface area contributed by atoms with Gasteiger partial charge in [0.1, 0.15) is 0 Å². The molecule has 4 heteroatoms. The van der Waals surface area contributed by atoms with E-state index in [9.17, 15) is 4.79 Å². The average molecular weight is 286 g/mol. The molecule has 0 N–H and O–H groups in total. The molecule has 1 amide bonds. The molecule has 15 heavy (non-hydrogen) atoms. The van der Waals surface area contributed by atoms with Gasteiger partial charge in [-0.3, -0.25) is 4.79 Å². The number of thioether (sulfide) groups is 1. The molecule has 2 rings (SSSR count). The van der Waals surface area contributed by atoms with Crippen LogP contribution in [-0.2, 0) is 4.79 Å². The van der Waals surface area contributed by atoms with Gasteiger partial charge in [0, 0.05) is 28.1 Å². The number of carbonyl (C=O) groups excluding carboxylic acids is 1. The summed E-state index contributed by atoms with van der Waals surface area (Å²) in [7, 11) is 1.84. The van der Waals surface area contributed by atoms with Crippen LogP contribution in [0, 0.1) is 5.92 Å². The zero-order valence-electron chi connectivity index (χ0n) is 8.66. The highest BCUT2D eigenvalue weighted by atomic mass is 79.9. The molecule has 0 saturated carbocycles. The van der Waals surface area contributed by atoms with E-state index in [-0.39, 0.29) is 11.8 Å². The summed E-state index contributed by atoms with van der Waals surface area (Å²) in [5.41, 5.74) is 1.00. The minimum absolute atomic E-state index is 0.0891. The fourth-order valence-electron chi connectivity index (χ4n) is 1.61. The molecule has 0 spiro atoms. The number of hydrogen-bond donors (Lipinski definition) is 0. The minimum atomic E-state index is 0.0891. The van der Waals surface area contributed by atoms with Gasteiger partial charge in [0.25, 0.3) is 0 Å². The first-order chi connectivity index (χ1) is 7.09. The van der Waals surface area contributed by atoms with Crippen molar-refractivity contribution in [1.82, 2.24) is 0 Å². The lowest BCUT2D eigenvalue weighted by Gasteiger charge is -2.19. The Labute approximate surface area is 102 Å². The number of carbonyl (C=O) groups is 1. The molecule has 2 nitrogen and oxygen atoms in total. The second-order valence-electron chi connectivity index (χ2n) is 3.72. The predicted octanol–water partition coefficient (Wildman–Crippen LogP) is 3.15. The average Bonchev–Trinajstić information content (AvgIpc) is 2.32. The predicted molar refractivity (Wildman–Crippen MR) is 67.4 cm³/mol. The van der Waals surface area contributed by atoms with Crippen molar-refractivity contribution in [2.75, 3.05) is 17.7 Å². The zero-order valence-corrected chi connectivity index (χ0v) is 11.1. The normalized spacial score (nSPS) is 21.1. The van der Waals surface area contributed by atoms with Crippen LogP contribution in [-0.4, -0.2) is 18.7 Å². The molecule has 1 atom stereocenters. The van der Waals surface area contributed by atoms with E-state index >= 15 is 0 Å². The summed E-state index contributed by atoms with van der Waals surface area (Å²) in [5, 5.41) is 0. The van der Waals surface area contributed by atoms with Crippen molar-refractivity contribution in [3.63, 3.8) is 0 Å². The van der Waals surface area contributed by atoms with Gasteiger partial charge >= 0.3 is 0 Å². The third-order valence-electron chi connectivity index (χ3n) is 2.52. The summed E-state index contributed by atoms with van der Waals surface area (Å²) in [6.45, 7) is 1.98. The maximum atomic E-state index is 11.9. The van der Waals surface area contributed by atoms with Gasteiger partial charge in [0.05, 0.1) is 5.69 Å². The van der Waals surface area contributed by atoms with Gasteiger partial charge in [-0.15, -0.1) is 11.8 Å². The molecule has 0 bridgehead atoms. The molecular weight excluding hydrogens is 274 g/mol. The summed E-state index contributed by atoms with van der Waals surface area (Å²) in [6.07, 6.45) is 0. The van der Waals surface area contributed by atoms with E-state index in [4.69, 9.17) is 0 Å². The fraction of sp³-hybridized carbons (Fsp3) is 0.364. The van der Waals surface area contributed by atoms with E-state index in [0.29, 0.717) is 0 Å². The van der Waals surface area contributed by atoms with Crippen molar-refractivity contribution in [2.45, 2.75) is 11.8 Å². The summed E-state index contributed by atoms with van der Waals surface area (Å²) in [5.74, 6) is 1.14. The maximum absolute atomic E-state index is 11.9. The monoisotopic (exact) mass is 285 g/mol. The lowest BCUT2D eigenvalue weighted by Crippen LogP contribution is -2.31. The molecule has 1 aromatic carbocycles. The van der Waals surface area contributed by atoms with E-state index in [2.05, 4.69) is 22.0 Å². The molecule has 0 aromatic heterocycles. The van der Waals surface area contributed by atoms with Crippen LogP contribution in [0.1, 0.15) is 6.92 Å². The first-order valence-electron chi connectivity index (χ1n) is 4.79. The van der Waals surface area contributed by atoms with Crippen molar-refractivity contribution in [1.29, 1.82) is 0 Å². The van der Waals surface area contributed by atoms with Gasteiger partial charge in [-0.25, -0.2) is 0 Å². The Bertz CT molecular complexity index is 408. The van der Waals surface area contributed by atoms with E-state index in [1.54, 1.807) is 16.7 Å². The van der Waals surface area contributed by atoms with Crippen LogP contribution in [0.4, 0.5) is 5.69 Å². The highest BCUT2D eigenvalue weighted by Crippen LogP contribution is 2.36. The number of hydrogen-bond acceptors (Lipinski definition) is 2. The Balaban J connectivity index is 2.48. The first-order valence-corrected chi connectivity index (χ1v) is 6.57. The molecule has 80 valence electrons. The number of halogens is 1. The molecular formula is C11H12BrNOS. The highest BCUT2D eigenvalue weighted by Gasteiger charge is 2.25. The van der Waals surface area contributed by atoms with E-state index in [1.807, 2.05) is 26.1 Å². The number of benzene rings is 1. The molecule has 1 aliphatic heterocycles. The van der Waals surface area contributed by atoms with Crippen LogP contribution < -0.4 is 4.90 Å². The van der Waals surface area contributed by atoms with Crippen LogP contribution in [0.15, 0.2) is 27.6 Å². The van der Waals surface area contributed by atoms with Crippen molar-refractivity contribution < 1.29 is 4.79 Å². The van der Waals surface area contributed by atoms with Crippen molar-refractivity contribution in [3.05, 3.63) is 22.7 Å². The second-order valence-corrected chi connectivity index (χ2v) is 5.70. The van der Waals surface area contributed by atoms with E-state index in [1.165, 1.54) is 4.90 Å². The van der Waals surface area contributed by atoms with Gasteiger partial charge in [0.15, 0.2) is 0 Å². The molecule has 1 heterocycles. The maximum Gasteiger partial charge on any atom is 0.230 e. The van der Waals surface area contributed by atoms with Crippen LogP contribution >= 0.6 is 27.7 Å². The van der Waals surface area contributed by atoms with Crippen LogP contribution in [0.25, 0.3) is 0 Å². The molecule has 0 saturated heterocycles. The van der Waals surface area contributed by atoms with E-state index in [0.717, 1.165) is 15.9 Å². The zero-order chi connectivity index (χ0) is 11.0.